The van der Waals surface area contributed by atoms with Crippen LogP contribution in [0.25, 0.3) is 11.0 Å². The molecule has 1 aliphatic rings. The number of hydrogen-bond acceptors (Lipinski definition) is 5. The number of nitrogens with zero attached hydrogens (tertiary/aromatic N) is 2. The number of fused-ring (bicyclic) bond motifs is 1. The second-order valence-electron chi connectivity index (χ2n) is 4.16. The normalized spacial score (nSPS) is 14.7. The van der Waals surface area contributed by atoms with E-state index in [4.69, 9.17) is 5.73 Å². The fraction of sp³-hybridized carbons (Fsp3) is 0.273. The van der Waals surface area contributed by atoms with Gasteiger partial charge < -0.3 is 21.4 Å². The van der Waals surface area contributed by atoms with Gasteiger partial charge in [0, 0.05) is 16.6 Å². The summed E-state index contributed by atoms with van der Waals surface area (Å²) in [5, 5.41) is 6.45. The molecule has 7 heteroatoms. The molecule has 1 aromatic heterocycles. The zero-order valence-electron chi connectivity index (χ0n) is 9.84. The lowest BCUT2D eigenvalue weighted by Gasteiger charge is -2.12. The predicted octanol–water partition coefficient (Wildman–Crippen LogP) is 1.59. The van der Waals surface area contributed by atoms with Gasteiger partial charge in [0.25, 0.3) is 0 Å². The highest BCUT2D eigenvalue weighted by Crippen LogP contribution is 2.32. The van der Waals surface area contributed by atoms with Crippen LogP contribution in [0.4, 0.5) is 11.6 Å². The molecule has 3 rings (SSSR count). The number of benzene rings is 1. The third-order valence-electron chi connectivity index (χ3n) is 2.91. The number of anilines is 2. The molecule has 0 spiro atoms. The first-order valence-corrected chi connectivity index (χ1v) is 6.44. The van der Waals surface area contributed by atoms with Crippen LogP contribution in [0.3, 0.4) is 0 Å². The Hall–Kier alpha value is -1.76. The minimum atomic E-state index is 0.425. The summed E-state index contributed by atoms with van der Waals surface area (Å²) < 4.78 is 0.951. The first kappa shape index (κ1) is 11.3. The highest BCUT2D eigenvalue weighted by Gasteiger charge is 2.14. The highest BCUT2D eigenvalue weighted by atomic mass is 79.9. The monoisotopic (exact) mass is 308 g/mol. The number of aromatic nitrogens is 2. The van der Waals surface area contributed by atoms with Crippen molar-refractivity contribution in [3.05, 3.63) is 16.1 Å². The van der Waals surface area contributed by atoms with Crippen molar-refractivity contribution in [2.24, 2.45) is 4.99 Å². The summed E-state index contributed by atoms with van der Waals surface area (Å²) >= 11 is 3.55. The number of hydrogen-bond donors (Lipinski definition) is 4. The number of halogens is 1. The van der Waals surface area contributed by atoms with Gasteiger partial charge in [-0.15, -0.1) is 0 Å². The predicted molar refractivity (Wildman–Crippen MR) is 76.9 cm³/mol. The van der Waals surface area contributed by atoms with E-state index < -0.39 is 0 Å². The second kappa shape index (κ2) is 4.16. The van der Waals surface area contributed by atoms with Crippen molar-refractivity contribution < 1.29 is 0 Å². The lowest BCUT2D eigenvalue weighted by atomic mass is 10.1. The van der Waals surface area contributed by atoms with E-state index >= 15 is 0 Å². The van der Waals surface area contributed by atoms with Crippen LogP contribution in [-0.4, -0.2) is 29.0 Å². The molecule has 0 unspecified atom stereocenters. The standard InChI is InChI=1S/C11H13BrN6/c1-5-8(18-11-14-2-3-15-11)6(12)4-7-9(5)17-10(13)16-7/h4H,2-3H2,1H3,(H3,13,16,17)(H2,14,15,18). The molecule has 0 fully saturated rings. The number of H-pyrrole nitrogens is 1. The van der Waals surface area contributed by atoms with Gasteiger partial charge in [-0.25, -0.2) is 4.98 Å². The number of nitrogens with one attached hydrogen (secondary N) is 3. The Balaban J connectivity index is 2.09. The van der Waals surface area contributed by atoms with Gasteiger partial charge in [0.15, 0.2) is 11.9 Å². The summed E-state index contributed by atoms with van der Waals surface area (Å²) in [6.45, 7) is 3.68. The van der Waals surface area contributed by atoms with Crippen LogP contribution in [0.15, 0.2) is 15.5 Å². The molecule has 94 valence electrons. The van der Waals surface area contributed by atoms with Gasteiger partial charge in [0.2, 0.25) is 0 Å². The molecule has 0 atom stereocenters. The van der Waals surface area contributed by atoms with E-state index in [1.54, 1.807) is 0 Å². The number of imidazole rings is 1. The van der Waals surface area contributed by atoms with E-state index in [1.807, 2.05) is 13.0 Å². The van der Waals surface area contributed by atoms with Crippen LogP contribution in [-0.2, 0) is 0 Å². The SMILES string of the molecule is Cc1c(NC2=NCCN2)c(Br)cc2[nH]c(N)nc12. The van der Waals surface area contributed by atoms with Crippen LogP contribution in [0, 0.1) is 6.92 Å². The van der Waals surface area contributed by atoms with Gasteiger partial charge in [-0.2, -0.15) is 0 Å². The quantitative estimate of drug-likeness (QED) is 0.644. The van der Waals surface area contributed by atoms with Crippen LogP contribution in [0.2, 0.25) is 0 Å². The van der Waals surface area contributed by atoms with Crippen molar-refractivity contribution in [1.82, 2.24) is 15.3 Å². The van der Waals surface area contributed by atoms with E-state index in [2.05, 4.69) is 41.5 Å². The maximum absolute atomic E-state index is 5.68. The van der Waals surface area contributed by atoms with Crippen molar-refractivity contribution in [2.75, 3.05) is 24.1 Å². The van der Waals surface area contributed by atoms with Crippen molar-refractivity contribution in [1.29, 1.82) is 0 Å². The summed E-state index contributed by atoms with van der Waals surface area (Å²) in [6, 6.07) is 1.96. The Morgan fingerprint density at radius 3 is 3.06 bits per heavy atom. The van der Waals surface area contributed by atoms with Gasteiger partial charge in [-0.3, -0.25) is 4.99 Å². The van der Waals surface area contributed by atoms with Crippen molar-refractivity contribution in [3.8, 4) is 0 Å². The lowest BCUT2D eigenvalue weighted by molar-refractivity contribution is 0.959. The van der Waals surface area contributed by atoms with Crippen molar-refractivity contribution >= 4 is 44.6 Å². The van der Waals surface area contributed by atoms with Crippen LogP contribution in [0.5, 0.6) is 0 Å². The second-order valence-corrected chi connectivity index (χ2v) is 5.01. The molecular formula is C11H13BrN6. The van der Waals surface area contributed by atoms with Crippen LogP contribution >= 0.6 is 15.9 Å². The molecule has 18 heavy (non-hydrogen) atoms. The topological polar surface area (TPSA) is 91.1 Å². The van der Waals surface area contributed by atoms with Gasteiger partial charge in [0.05, 0.1) is 23.3 Å². The molecule has 2 heterocycles. The summed E-state index contributed by atoms with van der Waals surface area (Å²) in [6.07, 6.45) is 0. The molecule has 0 amide bonds. The van der Waals surface area contributed by atoms with Gasteiger partial charge in [-0.05, 0) is 28.9 Å². The number of aliphatic imine (C=N–C) groups is 1. The zero-order valence-corrected chi connectivity index (χ0v) is 11.4. The Labute approximate surface area is 112 Å². The minimum absolute atomic E-state index is 0.425. The minimum Gasteiger partial charge on any atom is -0.369 e. The van der Waals surface area contributed by atoms with Crippen molar-refractivity contribution in [2.45, 2.75) is 6.92 Å². The van der Waals surface area contributed by atoms with Crippen molar-refractivity contribution in [3.63, 3.8) is 0 Å². The average molecular weight is 309 g/mol. The number of nitrogen functional groups attached to an aromatic ring is 1. The molecule has 5 N–H and O–H groups in total. The van der Waals surface area contributed by atoms with E-state index in [0.717, 1.165) is 45.8 Å². The molecule has 0 bridgehead atoms. The van der Waals surface area contributed by atoms with Gasteiger partial charge in [-0.1, -0.05) is 0 Å². The summed E-state index contributed by atoms with van der Waals surface area (Å²) in [4.78, 5) is 11.6. The number of guanidine groups is 1. The first-order chi connectivity index (χ1) is 8.65. The fourth-order valence-corrected chi connectivity index (χ4v) is 2.67. The molecule has 0 saturated heterocycles. The third-order valence-corrected chi connectivity index (χ3v) is 3.53. The van der Waals surface area contributed by atoms with E-state index in [-0.39, 0.29) is 0 Å². The zero-order chi connectivity index (χ0) is 12.7. The summed E-state index contributed by atoms with van der Waals surface area (Å²) in [5.41, 5.74) is 9.47. The number of nitrogens with two attached hydrogens (primary N) is 1. The first-order valence-electron chi connectivity index (χ1n) is 5.65. The van der Waals surface area contributed by atoms with Crippen LogP contribution < -0.4 is 16.4 Å². The Bertz CT molecular complexity index is 645. The molecule has 1 aliphatic heterocycles. The van der Waals surface area contributed by atoms with E-state index in [9.17, 15) is 0 Å². The summed E-state index contributed by atoms with van der Waals surface area (Å²) in [5.74, 6) is 1.22. The Morgan fingerprint density at radius 1 is 1.50 bits per heavy atom. The molecule has 0 aliphatic carbocycles. The molecule has 0 radical (unpaired) electrons. The molecule has 0 saturated carbocycles. The van der Waals surface area contributed by atoms with E-state index in [1.165, 1.54) is 0 Å². The van der Waals surface area contributed by atoms with E-state index in [0.29, 0.717) is 5.95 Å². The Kier molecular flexibility index (Phi) is 2.62. The molecule has 2 aromatic rings. The average Bonchev–Trinajstić information content (AvgIpc) is 2.93. The molecule has 1 aromatic carbocycles. The number of aryl methyl sites for hydroxylation is 1. The smallest absolute Gasteiger partial charge is 0.198 e. The maximum Gasteiger partial charge on any atom is 0.198 e. The molecule has 6 nitrogen and oxygen atoms in total. The Morgan fingerprint density at radius 2 is 2.33 bits per heavy atom. The number of rotatable bonds is 1. The largest absolute Gasteiger partial charge is 0.369 e. The lowest BCUT2D eigenvalue weighted by Crippen LogP contribution is -2.26. The van der Waals surface area contributed by atoms with Crippen LogP contribution in [0.1, 0.15) is 5.56 Å². The third kappa shape index (κ3) is 1.80. The maximum atomic E-state index is 5.68. The van der Waals surface area contributed by atoms with Gasteiger partial charge >= 0.3 is 0 Å². The van der Waals surface area contributed by atoms with Gasteiger partial charge in [0.1, 0.15) is 0 Å². The number of aromatic amines is 1. The summed E-state index contributed by atoms with van der Waals surface area (Å²) in [7, 11) is 0. The fourth-order valence-electron chi connectivity index (χ4n) is 2.05. The molecular weight excluding hydrogens is 296 g/mol. The highest BCUT2D eigenvalue weighted by molar-refractivity contribution is 9.10.